The van der Waals surface area contributed by atoms with E-state index in [1.165, 1.54) is 36.4 Å². The van der Waals surface area contributed by atoms with Gasteiger partial charge in [-0.3, -0.25) is 9.59 Å². The van der Waals surface area contributed by atoms with Crippen molar-refractivity contribution >= 4 is 17.5 Å². The van der Waals surface area contributed by atoms with Crippen LogP contribution < -0.4 is 25.3 Å². The van der Waals surface area contributed by atoms with Crippen molar-refractivity contribution in [1.82, 2.24) is 0 Å². The Labute approximate surface area is 197 Å². The summed E-state index contributed by atoms with van der Waals surface area (Å²) in [6.07, 6.45) is -3.71. The number of fused-ring (bicyclic) bond motifs is 1. The molecule has 3 aromatic rings. The molecule has 0 spiro atoms. The number of alkyl halides is 3. The summed E-state index contributed by atoms with van der Waals surface area (Å²) in [4.78, 5) is 24.8. The molecule has 1 aliphatic carbocycles. The van der Waals surface area contributed by atoms with Crippen LogP contribution in [0.2, 0.25) is 0 Å². The molecule has 2 amide bonds. The van der Waals surface area contributed by atoms with Crippen LogP contribution in [0.25, 0.3) is 11.1 Å². The molecule has 3 aromatic carbocycles. The van der Waals surface area contributed by atoms with E-state index in [0.29, 0.717) is 24.3 Å². The number of halogens is 3. The van der Waals surface area contributed by atoms with E-state index in [2.05, 4.69) is 10.1 Å². The fraction of sp³-hybridized carbons (Fsp3) is 0.200. The standard InChI is InChI=1S/C25H19F3N2O5/c26-25(27,28)35-19-7-5-17(12-18(19)14-2-1-3-15(10-14)22(29)31)30-23(32)24(8-9-24)16-4-6-20-21(11-16)34-13-33-20/h1-7,10-12H,8-9,13H2,(H2,29,31)(H,30,32). The highest BCUT2D eigenvalue weighted by molar-refractivity contribution is 6.02. The Morgan fingerprint density at radius 2 is 1.74 bits per heavy atom. The van der Waals surface area contributed by atoms with Gasteiger partial charge in [0.2, 0.25) is 18.6 Å². The van der Waals surface area contributed by atoms with Crippen LogP contribution in [-0.2, 0) is 10.2 Å². The molecule has 1 fully saturated rings. The third-order valence-corrected chi connectivity index (χ3v) is 6.03. The van der Waals surface area contributed by atoms with Crippen molar-refractivity contribution in [3.8, 4) is 28.4 Å². The van der Waals surface area contributed by atoms with Crippen molar-refractivity contribution in [3.63, 3.8) is 0 Å². The van der Waals surface area contributed by atoms with Gasteiger partial charge < -0.3 is 25.3 Å². The topological polar surface area (TPSA) is 99.9 Å². The van der Waals surface area contributed by atoms with E-state index in [0.717, 1.165) is 11.6 Å². The van der Waals surface area contributed by atoms with Crippen molar-refractivity contribution in [2.75, 3.05) is 12.1 Å². The van der Waals surface area contributed by atoms with E-state index in [1.807, 2.05) is 0 Å². The summed E-state index contributed by atoms with van der Waals surface area (Å²) in [6, 6.07) is 15.0. The van der Waals surface area contributed by atoms with Gasteiger partial charge in [-0.15, -0.1) is 13.2 Å². The number of rotatable bonds is 6. The highest BCUT2D eigenvalue weighted by Gasteiger charge is 2.51. The third kappa shape index (κ3) is 4.46. The molecule has 0 saturated heterocycles. The van der Waals surface area contributed by atoms with Crippen LogP contribution in [0.5, 0.6) is 17.2 Å². The van der Waals surface area contributed by atoms with Crippen molar-refractivity contribution in [2.45, 2.75) is 24.6 Å². The van der Waals surface area contributed by atoms with Gasteiger partial charge in [-0.1, -0.05) is 18.2 Å². The summed E-state index contributed by atoms with van der Waals surface area (Å²) < 4.78 is 54.0. The second-order valence-corrected chi connectivity index (χ2v) is 8.31. The first-order chi connectivity index (χ1) is 16.6. The number of hydrogen-bond donors (Lipinski definition) is 2. The Morgan fingerprint density at radius 1 is 0.971 bits per heavy atom. The summed E-state index contributed by atoms with van der Waals surface area (Å²) in [6.45, 7) is 0.115. The largest absolute Gasteiger partial charge is 0.573 e. The van der Waals surface area contributed by atoms with Crippen LogP contribution in [0.4, 0.5) is 18.9 Å². The fourth-order valence-electron chi connectivity index (χ4n) is 4.10. The molecule has 2 aliphatic rings. The molecule has 0 radical (unpaired) electrons. The number of nitrogens with two attached hydrogens (primary N) is 1. The lowest BCUT2D eigenvalue weighted by molar-refractivity contribution is -0.274. The minimum Gasteiger partial charge on any atom is -0.454 e. The second-order valence-electron chi connectivity index (χ2n) is 8.31. The molecule has 0 atom stereocenters. The van der Waals surface area contributed by atoms with E-state index >= 15 is 0 Å². The van der Waals surface area contributed by atoms with Gasteiger partial charge in [0.25, 0.3) is 0 Å². The smallest absolute Gasteiger partial charge is 0.454 e. The number of anilines is 1. The van der Waals surface area contributed by atoms with Gasteiger partial charge >= 0.3 is 6.36 Å². The van der Waals surface area contributed by atoms with Gasteiger partial charge in [0.15, 0.2) is 11.5 Å². The summed E-state index contributed by atoms with van der Waals surface area (Å²) in [7, 11) is 0. The molecule has 7 nitrogen and oxygen atoms in total. The minimum absolute atomic E-state index is 0.0381. The molecule has 1 saturated carbocycles. The number of carbonyl (C=O) groups excluding carboxylic acids is 2. The van der Waals surface area contributed by atoms with Gasteiger partial charge in [0.05, 0.1) is 5.41 Å². The maximum Gasteiger partial charge on any atom is 0.573 e. The lowest BCUT2D eigenvalue weighted by atomic mass is 9.94. The number of hydrogen-bond acceptors (Lipinski definition) is 5. The Bertz CT molecular complexity index is 1330. The van der Waals surface area contributed by atoms with Crippen molar-refractivity contribution in [3.05, 3.63) is 71.8 Å². The van der Waals surface area contributed by atoms with Gasteiger partial charge in [-0.05, 0) is 66.4 Å². The summed E-state index contributed by atoms with van der Waals surface area (Å²) in [5.41, 5.74) is 6.02. The number of carbonyl (C=O) groups is 2. The average Bonchev–Trinajstić information content (AvgIpc) is 3.50. The van der Waals surface area contributed by atoms with E-state index in [1.54, 1.807) is 18.2 Å². The molecule has 3 N–H and O–H groups in total. The van der Waals surface area contributed by atoms with Gasteiger partial charge in [0.1, 0.15) is 5.75 Å². The molecule has 0 unspecified atom stereocenters. The number of primary amides is 1. The zero-order chi connectivity index (χ0) is 24.8. The average molecular weight is 484 g/mol. The van der Waals surface area contributed by atoms with E-state index in [4.69, 9.17) is 15.2 Å². The predicted molar refractivity (Wildman–Crippen MR) is 119 cm³/mol. The molecule has 180 valence electrons. The molecule has 0 bridgehead atoms. The summed E-state index contributed by atoms with van der Waals surface area (Å²) in [5.74, 6) is -0.333. The van der Waals surface area contributed by atoms with Crippen LogP contribution in [0.3, 0.4) is 0 Å². The third-order valence-electron chi connectivity index (χ3n) is 6.03. The first kappa shape index (κ1) is 22.6. The molecule has 10 heteroatoms. The minimum atomic E-state index is -4.93. The molecule has 5 rings (SSSR count). The van der Waals surface area contributed by atoms with Crippen molar-refractivity contribution in [1.29, 1.82) is 0 Å². The number of amides is 2. The lowest BCUT2D eigenvalue weighted by Crippen LogP contribution is -2.27. The van der Waals surface area contributed by atoms with Crippen molar-refractivity contribution < 1.29 is 37.0 Å². The molecular weight excluding hydrogens is 465 g/mol. The normalized spacial score (nSPS) is 15.4. The maximum absolute atomic E-state index is 13.2. The first-order valence-corrected chi connectivity index (χ1v) is 10.7. The molecule has 35 heavy (non-hydrogen) atoms. The summed E-state index contributed by atoms with van der Waals surface area (Å²) >= 11 is 0. The van der Waals surface area contributed by atoms with Crippen LogP contribution in [0.1, 0.15) is 28.8 Å². The highest BCUT2D eigenvalue weighted by Crippen LogP contribution is 2.51. The number of benzene rings is 3. The first-order valence-electron chi connectivity index (χ1n) is 10.7. The quantitative estimate of drug-likeness (QED) is 0.526. The van der Waals surface area contributed by atoms with Crippen LogP contribution in [0.15, 0.2) is 60.7 Å². The Balaban J connectivity index is 1.46. The SMILES string of the molecule is NC(=O)c1cccc(-c2cc(NC(=O)C3(c4ccc5c(c4)OCO5)CC3)ccc2OC(F)(F)F)c1. The van der Waals surface area contributed by atoms with E-state index in [9.17, 15) is 22.8 Å². The predicted octanol–water partition coefficient (Wildman–Crippen LogP) is 4.75. The fourth-order valence-corrected chi connectivity index (χ4v) is 4.10. The van der Waals surface area contributed by atoms with Crippen LogP contribution in [0, 0.1) is 0 Å². The Morgan fingerprint density at radius 3 is 2.46 bits per heavy atom. The van der Waals surface area contributed by atoms with Gasteiger partial charge in [-0.25, -0.2) is 0 Å². The van der Waals surface area contributed by atoms with Gasteiger partial charge in [-0.2, -0.15) is 0 Å². The van der Waals surface area contributed by atoms with E-state index in [-0.39, 0.29) is 35.1 Å². The highest BCUT2D eigenvalue weighted by atomic mass is 19.4. The van der Waals surface area contributed by atoms with Crippen molar-refractivity contribution in [2.24, 2.45) is 5.73 Å². The van der Waals surface area contributed by atoms with Gasteiger partial charge in [0, 0.05) is 16.8 Å². The summed E-state index contributed by atoms with van der Waals surface area (Å²) in [5, 5.41) is 2.81. The number of ether oxygens (including phenoxy) is 3. The monoisotopic (exact) mass is 484 g/mol. The molecule has 1 heterocycles. The Hall–Kier alpha value is -4.21. The molecule has 0 aromatic heterocycles. The second kappa shape index (κ2) is 8.23. The maximum atomic E-state index is 13.2. The lowest BCUT2D eigenvalue weighted by Gasteiger charge is -2.18. The van der Waals surface area contributed by atoms with E-state index < -0.39 is 23.4 Å². The zero-order valence-corrected chi connectivity index (χ0v) is 18.1. The molecular formula is C25H19F3N2O5. The molecule has 1 aliphatic heterocycles. The van der Waals surface area contributed by atoms with Crippen LogP contribution in [-0.4, -0.2) is 25.0 Å². The number of nitrogens with one attached hydrogen (secondary N) is 1. The van der Waals surface area contributed by atoms with Crippen LogP contribution >= 0.6 is 0 Å². The Kier molecular flexibility index (Phi) is 5.31. The zero-order valence-electron chi connectivity index (χ0n) is 18.1.